The fourth-order valence-corrected chi connectivity index (χ4v) is 4.09. The third kappa shape index (κ3) is 3.80. The van der Waals surface area contributed by atoms with Gasteiger partial charge in [0, 0.05) is 25.0 Å². The van der Waals surface area contributed by atoms with Gasteiger partial charge in [0.05, 0.1) is 0 Å². The minimum Gasteiger partial charge on any atom is -0.338 e. The van der Waals surface area contributed by atoms with E-state index in [-0.39, 0.29) is 0 Å². The topological polar surface area (TPSA) is 23.6 Å². The first-order chi connectivity index (χ1) is 10.2. The summed E-state index contributed by atoms with van der Waals surface area (Å²) in [5.41, 5.74) is 0. The second-order valence-corrected chi connectivity index (χ2v) is 7.65. The highest BCUT2D eigenvalue weighted by Crippen LogP contribution is 2.31. The summed E-state index contributed by atoms with van der Waals surface area (Å²) in [4.78, 5) is 17.7. The fraction of sp³-hybridized carbons (Fsp3) is 0.944. The van der Waals surface area contributed by atoms with Crippen molar-refractivity contribution in [3.05, 3.63) is 0 Å². The molecule has 0 N–H and O–H groups in total. The Balaban J connectivity index is 1.59. The smallest absolute Gasteiger partial charge is 0.225 e. The van der Waals surface area contributed by atoms with Crippen LogP contribution >= 0.6 is 0 Å². The molecule has 2 heterocycles. The van der Waals surface area contributed by atoms with Crippen LogP contribution in [0.1, 0.15) is 64.7 Å². The highest BCUT2D eigenvalue weighted by molar-refractivity contribution is 5.80. The van der Waals surface area contributed by atoms with E-state index in [4.69, 9.17) is 0 Å². The van der Waals surface area contributed by atoms with E-state index in [0.717, 1.165) is 31.8 Å². The van der Waals surface area contributed by atoms with E-state index in [1.807, 2.05) is 0 Å². The molecule has 1 amide bonds. The molecule has 0 aromatic rings. The SMILES string of the molecule is CC1CCN(CC2CCCCCN2C(=O)C2CCC2)CC1. The first-order valence-corrected chi connectivity index (χ1v) is 9.27. The lowest BCUT2D eigenvalue weighted by Crippen LogP contribution is -2.50. The molecule has 1 aliphatic carbocycles. The molecule has 3 heteroatoms. The molecule has 3 rings (SSSR count). The summed E-state index contributed by atoms with van der Waals surface area (Å²) in [6, 6.07) is 0.494. The van der Waals surface area contributed by atoms with Gasteiger partial charge in [0.25, 0.3) is 0 Å². The molecule has 0 aromatic heterocycles. The van der Waals surface area contributed by atoms with Crippen molar-refractivity contribution in [3.63, 3.8) is 0 Å². The van der Waals surface area contributed by atoms with E-state index in [1.54, 1.807) is 0 Å². The normalized spacial score (nSPS) is 30.0. The molecular weight excluding hydrogens is 260 g/mol. The molecule has 1 unspecified atom stereocenters. The van der Waals surface area contributed by atoms with Crippen molar-refractivity contribution in [3.8, 4) is 0 Å². The van der Waals surface area contributed by atoms with Gasteiger partial charge in [-0.3, -0.25) is 4.79 Å². The number of hydrogen-bond donors (Lipinski definition) is 0. The molecule has 3 aliphatic rings. The summed E-state index contributed by atoms with van der Waals surface area (Å²) in [6.45, 7) is 7.00. The van der Waals surface area contributed by atoms with E-state index in [1.165, 1.54) is 58.0 Å². The molecule has 3 fully saturated rings. The van der Waals surface area contributed by atoms with E-state index in [2.05, 4.69) is 16.7 Å². The number of hydrogen-bond acceptors (Lipinski definition) is 2. The van der Waals surface area contributed by atoms with E-state index < -0.39 is 0 Å². The summed E-state index contributed by atoms with van der Waals surface area (Å²) < 4.78 is 0. The minimum absolute atomic E-state index is 0.368. The quantitative estimate of drug-likeness (QED) is 0.797. The zero-order valence-corrected chi connectivity index (χ0v) is 13.7. The van der Waals surface area contributed by atoms with Crippen LogP contribution in [0, 0.1) is 11.8 Å². The van der Waals surface area contributed by atoms with Crippen LogP contribution in [0.15, 0.2) is 0 Å². The maximum absolute atomic E-state index is 12.7. The van der Waals surface area contributed by atoms with Crippen LogP contribution in [-0.2, 0) is 4.79 Å². The average molecular weight is 292 g/mol. The highest BCUT2D eigenvalue weighted by Gasteiger charge is 2.34. The van der Waals surface area contributed by atoms with E-state index in [9.17, 15) is 4.79 Å². The summed E-state index contributed by atoms with van der Waals surface area (Å²) in [7, 11) is 0. The summed E-state index contributed by atoms with van der Waals surface area (Å²) >= 11 is 0. The van der Waals surface area contributed by atoms with Crippen molar-refractivity contribution in [2.45, 2.75) is 70.8 Å². The Morgan fingerprint density at radius 1 is 0.905 bits per heavy atom. The van der Waals surface area contributed by atoms with Gasteiger partial charge in [-0.15, -0.1) is 0 Å². The van der Waals surface area contributed by atoms with Crippen LogP contribution in [-0.4, -0.2) is 47.9 Å². The Labute approximate surface area is 130 Å². The van der Waals surface area contributed by atoms with Crippen LogP contribution in [0.3, 0.4) is 0 Å². The molecule has 120 valence electrons. The van der Waals surface area contributed by atoms with Crippen molar-refractivity contribution in [2.24, 2.45) is 11.8 Å². The standard InChI is InChI=1S/C18H32N2O/c1-15-9-12-19(13-10-15)14-17-8-3-2-4-11-20(17)18(21)16-6-5-7-16/h15-17H,2-14H2,1H3. The van der Waals surface area contributed by atoms with E-state index >= 15 is 0 Å². The van der Waals surface area contributed by atoms with Gasteiger partial charge >= 0.3 is 0 Å². The van der Waals surface area contributed by atoms with Crippen molar-refractivity contribution in [2.75, 3.05) is 26.2 Å². The van der Waals surface area contributed by atoms with Crippen molar-refractivity contribution in [1.29, 1.82) is 0 Å². The molecule has 0 spiro atoms. The maximum atomic E-state index is 12.7. The number of rotatable bonds is 3. The minimum atomic E-state index is 0.368. The molecule has 0 radical (unpaired) electrons. The van der Waals surface area contributed by atoms with Crippen molar-refractivity contribution in [1.82, 2.24) is 9.80 Å². The number of carbonyl (C=O) groups excluding carboxylic acids is 1. The Morgan fingerprint density at radius 2 is 1.67 bits per heavy atom. The molecule has 0 bridgehead atoms. The Hall–Kier alpha value is -0.570. The molecule has 1 saturated carbocycles. The molecule has 1 atom stereocenters. The zero-order chi connectivity index (χ0) is 14.7. The number of likely N-dealkylation sites (tertiary alicyclic amines) is 2. The average Bonchev–Trinajstić information content (AvgIpc) is 2.65. The number of carbonyl (C=O) groups is 1. The highest BCUT2D eigenvalue weighted by atomic mass is 16.2. The maximum Gasteiger partial charge on any atom is 0.225 e. The van der Waals surface area contributed by atoms with E-state index in [0.29, 0.717) is 17.9 Å². The van der Waals surface area contributed by atoms with Crippen molar-refractivity contribution >= 4 is 5.91 Å². The second-order valence-electron chi connectivity index (χ2n) is 7.65. The third-order valence-electron chi connectivity index (χ3n) is 5.96. The van der Waals surface area contributed by atoms with Gasteiger partial charge in [0.1, 0.15) is 0 Å². The summed E-state index contributed by atoms with van der Waals surface area (Å²) in [6.07, 6.45) is 11.3. The van der Waals surface area contributed by atoms with Crippen LogP contribution in [0.4, 0.5) is 0 Å². The van der Waals surface area contributed by atoms with Crippen LogP contribution in [0.2, 0.25) is 0 Å². The second kappa shape index (κ2) is 7.13. The number of piperidine rings is 1. The number of amides is 1. The van der Waals surface area contributed by atoms with Gasteiger partial charge in [0.15, 0.2) is 0 Å². The zero-order valence-electron chi connectivity index (χ0n) is 13.7. The molecule has 3 nitrogen and oxygen atoms in total. The fourth-order valence-electron chi connectivity index (χ4n) is 4.09. The molecule has 2 saturated heterocycles. The van der Waals surface area contributed by atoms with Gasteiger partial charge < -0.3 is 9.80 Å². The van der Waals surface area contributed by atoms with Crippen LogP contribution in [0.25, 0.3) is 0 Å². The summed E-state index contributed by atoms with van der Waals surface area (Å²) in [5.74, 6) is 1.74. The first-order valence-electron chi connectivity index (χ1n) is 9.27. The van der Waals surface area contributed by atoms with Gasteiger partial charge in [0.2, 0.25) is 5.91 Å². The molecule has 21 heavy (non-hydrogen) atoms. The summed E-state index contributed by atoms with van der Waals surface area (Å²) in [5, 5.41) is 0. The monoisotopic (exact) mass is 292 g/mol. The predicted octanol–water partition coefficient (Wildman–Crippen LogP) is 3.29. The molecule has 0 aromatic carbocycles. The van der Waals surface area contributed by atoms with Gasteiger partial charge in [-0.1, -0.05) is 26.2 Å². The van der Waals surface area contributed by atoms with Crippen molar-refractivity contribution < 1.29 is 4.79 Å². The van der Waals surface area contributed by atoms with Gasteiger partial charge in [-0.05, 0) is 57.5 Å². The first kappa shape index (κ1) is 15.3. The van der Waals surface area contributed by atoms with Gasteiger partial charge in [-0.2, -0.15) is 0 Å². The largest absolute Gasteiger partial charge is 0.338 e. The Kier molecular flexibility index (Phi) is 5.20. The predicted molar refractivity (Wildman–Crippen MR) is 86.1 cm³/mol. The van der Waals surface area contributed by atoms with Gasteiger partial charge in [-0.25, -0.2) is 0 Å². The molecular formula is C18H32N2O. The Bertz CT molecular complexity index is 345. The van der Waals surface area contributed by atoms with Crippen LogP contribution in [0.5, 0.6) is 0 Å². The lowest BCUT2D eigenvalue weighted by molar-refractivity contribution is -0.141. The lowest BCUT2D eigenvalue weighted by Gasteiger charge is -2.39. The third-order valence-corrected chi connectivity index (χ3v) is 5.96. The lowest BCUT2D eigenvalue weighted by atomic mass is 9.84. The van der Waals surface area contributed by atoms with Crippen LogP contribution < -0.4 is 0 Å². The molecule has 2 aliphatic heterocycles. The number of nitrogens with zero attached hydrogens (tertiary/aromatic N) is 2. The Morgan fingerprint density at radius 3 is 2.33 bits per heavy atom.